The van der Waals surface area contributed by atoms with Crippen LogP contribution in [0.15, 0.2) is 18.5 Å². The Morgan fingerprint density at radius 1 is 1.23 bits per heavy atom. The van der Waals surface area contributed by atoms with E-state index in [0.717, 1.165) is 23.5 Å². The number of carbonyl (C=O) groups excluding carboxylic acids is 1. The third kappa shape index (κ3) is 3.36. The lowest BCUT2D eigenvalue weighted by Crippen LogP contribution is -2.41. The molecule has 0 aromatic carbocycles. The van der Waals surface area contributed by atoms with Gasteiger partial charge in [-0.25, -0.2) is 4.98 Å². The molecule has 140 valence electrons. The van der Waals surface area contributed by atoms with Crippen molar-refractivity contribution in [2.45, 2.75) is 32.4 Å². The number of aromatic nitrogens is 4. The maximum Gasteiger partial charge on any atom is 0.247 e. The van der Waals surface area contributed by atoms with Gasteiger partial charge < -0.3 is 14.7 Å². The molecule has 8 nitrogen and oxygen atoms in total. The van der Waals surface area contributed by atoms with Crippen LogP contribution < -0.4 is 9.80 Å². The number of anilines is 2. The van der Waals surface area contributed by atoms with Crippen LogP contribution in [0.3, 0.4) is 0 Å². The van der Waals surface area contributed by atoms with E-state index in [1.54, 1.807) is 10.9 Å². The van der Waals surface area contributed by atoms with E-state index in [-0.39, 0.29) is 11.9 Å². The summed E-state index contributed by atoms with van der Waals surface area (Å²) in [6.45, 7) is 3.20. The summed E-state index contributed by atoms with van der Waals surface area (Å²) in [5.41, 5.74) is 2.07. The molecule has 0 radical (unpaired) electrons. The number of amides is 1. The maximum atomic E-state index is 13.1. The van der Waals surface area contributed by atoms with Gasteiger partial charge in [-0.1, -0.05) is 6.92 Å². The molecular formula is C18H27N7O. The van der Waals surface area contributed by atoms with Gasteiger partial charge in [0.2, 0.25) is 11.9 Å². The second-order valence-electron chi connectivity index (χ2n) is 6.98. The van der Waals surface area contributed by atoms with Crippen LogP contribution >= 0.6 is 0 Å². The van der Waals surface area contributed by atoms with Crippen molar-refractivity contribution in [1.82, 2.24) is 24.6 Å². The Kier molecular flexibility index (Phi) is 5.11. The lowest BCUT2D eigenvalue weighted by Gasteiger charge is -2.33. The van der Waals surface area contributed by atoms with Crippen LogP contribution in [0.4, 0.5) is 11.8 Å². The highest BCUT2D eigenvalue weighted by Gasteiger charge is 2.30. The summed E-state index contributed by atoms with van der Waals surface area (Å²) in [5, 5.41) is 4.25. The zero-order valence-corrected chi connectivity index (χ0v) is 16.2. The van der Waals surface area contributed by atoms with Gasteiger partial charge in [0.1, 0.15) is 11.9 Å². The number of carbonyl (C=O) groups is 1. The molecule has 1 aliphatic heterocycles. The Balaban J connectivity index is 1.90. The second kappa shape index (κ2) is 7.31. The van der Waals surface area contributed by atoms with Crippen molar-refractivity contribution in [1.29, 1.82) is 0 Å². The Morgan fingerprint density at radius 3 is 2.58 bits per heavy atom. The molecule has 8 heteroatoms. The molecule has 0 aliphatic carbocycles. The average molecular weight is 357 g/mol. The van der Waals surface area contributed by atoms with Crippen LogP contribution in [-0.2, 0) is 17.8 Å². The van der Waals surface area contributed by atoms with Crippen molar-refractivity contribution in [2.24, 2.45) is 0 Å². The van der Waals surface area contributed by atoms with Gasteiger partial charge in [0, 0.05) is 52.7 Å². The fraction of sp³-hybridized carbons (Fsp3) is 0.556. The Hall–Kier alpha value is -2.64. The first kappa shape index (κ1) is 18.2. The Bertz CT molecular complexity index is 770. The Labute approximate surface area is 154 Å². The highest BCUT2D eigenvalue weighted by Crippen LogP contribution is 2.28. The zero-order valence-electron chi connectivity index (χ0n) is 16.2. The van der Waals surface area contributed by atoms with Crippen molar-refractivity contribution in [3.63, 3.8) is 0 Å². The van der Waals surface area contributed by atoms with E-state index in [1.165, 1.54) is 0 Å². The molecule has 2 aromatic rings. The highest BCUT2D eigenvalue weighted by atomic mass is 16.2. The van der Waals surface area contributed by atoms with Crippen molar-refractivity contribution in [3.8, 4) is 0 Å². The van der Waals surface area contributed by atoms with Gasteiger partial charge in [-0.2, -0.15) is 10.1 Å². The van der Waals surface area contributed by atoms with Crippen molar-refractivity contribution in [3.05, 3.63) is 29.7 Å². The first-order valence-corrected chi connectivity index (χ1v) is 8.94. The number of nitrogens with zero attached hydrogens (tertiary/aromatic N) is 7. The van der Waals surface area contributed by atoms with Gasteiger partial charge in [-0.3, -0.25) is 9.48 Å². The molecule has 0 saturated carbocycles. The van der Waals surface area contributed by atoms with Crippen molar-refractivity contribution < 1.29 is 4.79 Å². The van der Waals surface area contributed by atoms with Crippen LogP contribution in [0.2, 0.25) is 0 Å². The van der Waals surface area contributed by atoms with Gasteiger partial charge in [-0.05, 0) is 18.9 Å². The molecule has 0 N–H and O–H groups in total. The second-order valence-corrected chi connectivity index (χ2v) is 6.98. The van der Waals surface area contributed by atoms with Crippen LogP contribution in [0, 0.1) is 0 Å². The standard InChI is InChI=1S/C18H27N7O/c1-6-15(25-10-7-9-19-25)17(26)24-11-8-13-14(12-24)20-18(23(4)5)21-16(13)22(2)3/h7,9-10,15H,6,8,11-12H2,1-5H3/t15-/m1/s1. The normalized spacial score (nSPS) is 14.7. The molecule has 3 heterocycles. The first-order chi connectivity index (χ1) is 12.4. The summed E-state index contributed by atoms with van der Waals surface area (Å²) < 4.78 is 1.74. The zero-order chi connectivity index (χ0) is 18.8. The first-order valence-electron chi connectivity index (χ1n) is 8.94. The van der Waals surface area contributed by atoms with E-state index in [1.807, 2.05) is 62.1 Å². The van der Waals surface area contributed by atoms with E-state index in [2.05, 4.69) is 10.1 Å². The predicted molar refractivity (Wildman–Crippen MR) is 101 cm³/mol. The van der Waals surface area contributed by atoms with Crippen LogP contribution in [0.5, 0.6) is 0 Å². The molecule has 0 spiro atoms. The maximum absolute atomic E-state index is 13.1. The van der Waals surface area contributed by atoms with Gasteiger partial charge in [0.05, 0.1) is 12.2 Å². The summed E-state index contributed by atoms with van der Waals surface area (Å²) >= 11 is 0. The molecule has 0 saturated heterocycles. The fourth-order valence-corrected chi connectivity index (χ4v) is 3.31. The molecule has 1 atom stereocenters. The SMILES string of the molecule is CC[C@H](C(=O)N1CCc2c(nc(N(C)C)nc2N(C)C)C1)n1cccn1. The third-order valence-corrected chi connectivity index (χ3v) is 4.68. The van der Waals surface area contributed by atoms with Gasteiger partial charge in [0.25, 0.3) is 0 Å². The molecular weight excluding hydrogens is 330 g/mol. The minimum Gasteiger partial charge on any atom is -0.362 e. The predicted octanol–water partition coefficient (Wildman–Crippen LogP) is 1.34. The van der Waals surface area contributed by atoms with Crippen LogP contribution in [0.25, 0.3) is 0 Å². The van der Waals surface area contributed by atoms with E-state index in [0.29, 0.717) is 25.5 Å². The minimum absolute atomic E-state index is 0.0956. The quantitative estimate of drug-likeness (QED) is 0.804. The molecule has 0 fully saturated rings. The van der Waals surface area contributed by atoms with E-state index < -0.39 is 0 Å². The van der Waals surface area contributed by atoms with Gasteiger partial charge >= 0.3 is 0 Å². The molecule has 3 rings (SSSR count). The third-order valence-electron chi connectivity index (χ3n) is 4.68. The minimum atomic E-state index is -0.268. The molecule has 26 heavy (non-hydrogen) atoms. The molecule has 0 bridgehead atoms. The van der Waals surface area contributed by atoms with Gasteiger partial charge in [0.15, 0.2) is 0 Å². The monoisotopic (exact) mass is 357 g/mol. The largest absolute Gasteiger partial charge is 0.362 e. The summed E-state index contributed by atoms with van der Waals surface area (Å²) in [7, 11) is 7.84. The summed E-state index contributed by atoms with van der Waals surface area (Å²) in [6, 6.07) is 1.58. The highest BCUT2D eigenvalue weighted by molar-refractivity contribution is 5.80. The lowest BCUT2D eigenvalue weighted by molar-refractivity contribution is -0.136. The van der Waals surface area contributed by atoms with Crippen LogP contribution in [0.1, 0.15) is 30.6 Å². The number of hydrogen-bond acceptors (Lipinski definition) is 6. The van der Waals surface area contributed by atoms with Crippen molar-refractivity contribution in [2.75, 3.05) is 44.5 Å². The summed E-state index contributed by atoms with van der Waals surface area (Å²) in [5.74, 6) is 1.70. The van der Waals surface area contributed by atoms with Gasteiger partial charge in [-0.15, -0.1) is 0 Å². The number of hydrogen-bond donors (Lipinski definition) is 0. The molecule has 0 unspecified atom stereocenters. The summed E-state index contributed by atoms with van der Waals surface area (Å²) in [4.78, 5) is 28.3. The number of fused-ring (bicyclic) bond motifs is 1. The van der Waals surface area contributed by atoms with E-state index in [4.69, 9.17) is 4.98 Å². The van der Waals surface area contributed by atoms with E-state index in [9.17, 15) is 4.79 Å². The van der Waals surface area contributed by atoms with Crippen molar-refractivity contribution >= 4 is 17.7 Å². The molecule has 1 aliphatic rings. The average Bonchev–Trinajstić information content (AvgIpc) is 3.14. The molecule has 1 amide bonds. The fourth-order valence-electron chi connectivity index (χ4n) is 3.31. The smallest absolute Gasteiger partial charge is 0.247 e. The van der Waals surface area contributed by atoms with Crippen LogP contribution in [-0.4, -0.2) is 65.3 Å². The van der Waals surface area contributed by atoms with E-state index >= 15 is 0 Å². The molecule has 2 aromatic heterocycles. The number of rotatable bonds is 5. The summed E-state index contributed by atoms with van der Waals surface area (Å²) in [6.07, 6.45) is 5.03. The Morgan fingerprint density at radius 2 is 2.00 bits per heavy atom. The topological polar surface area (TPSA) is 70.4 Å². The lowest BCUT2D eigenvalue weighted by atomic mass is 10.0.